The summed E-state index contributed by atoms with van der Waals surface area (Å²) in [4.78, 5) is 10.6. The number of terminal acetylenes is 1. The number of carbonyl (C=O) groups is 1. The van der Waals surface area contributed by atoms with Gasteiger partial charge in [0.1, 0.15) is 6.61 Å². The van der Waals surface area contributed by atoms with Crippen LogP contribution in [0.25, 0.3) is 0 Å². The summed E-state index contributed by atoms with van der Waals surface area (Å²) >= 11 is 0. The number of hydrogen-bond acceptors (Lipinski definition) is 4. The lowest BCUT2D eigenvalue weighted by molar-refractivity contribution is -0.175. The summed E-state index contributed by atoms with van der Waals surface area (Å²) in [6, 6.07) is 0. The Hall–Kier alpha value is -1.05. The van der Waals surface area contributed by atoms with Crippen LogP contribution in [0.5, 0.6) is 0 Å². The fourth-order valence-corrected chi connectivity index (χ4v) is 1.32. The Labute approximate surface area is 83.5 Å². The van der Waals surface area contributed by atoms with Crippen molar-refractivity contribution in [1.82, 2.24) is 0 Å². The molecular formula is C10H14O4. The molecule has 1 aliphatic rings. The predicted molar refractivity (Wildman–Crippen MR) is 49.3 cm³/mol. The van der Waals surface area contributed by atoms with Crippen LogP contribution in [0.1, 0.15) is 19.8 Å². The summed E-state index contributed by atoms with van der Waals surface area (Å²) in [6.45, 7) is 2.12. The Kier molecular flexibility index (Phi) is 4.44. The third-order valence-corrected chi connectivity index (χ3v) is 1.86. The molecule has 1 rings (SSSR count). The van der Waals surface area contributed by atoms with Crippen LogP contribution in [0.2, 0.25) is 0 Å². The molecule has 0 amide bonds. The van der Waals surface area contributed by atoms with Crippen LogP contribution in [-0.4, -0.2) is 31.6 Å². The minimum Gasteiger partial charge on any atom is -0.436 e. The number of rotatable bonds is 4. The molecule has 0 aromatic heterocycles. The summed E-state index contributed by atoms with van der Waals surface area (Å²) in [6.07, 6.45) is 6.17. The van der Waals surface area contributed by atoms with E-state index in [2.05, 4.69) is 5.92 Å². The molecule has 2 unspecified atom stereocenters. The molecule has 1 aliphatic heterocycles. The maximum atomic E-state index is 10.6. The summed E-state index contributed by atoms with van der Waals surface area (Å²) in [5, 5.41) is 0. The normalized spacial score (nSPS) is 25.7. The Morgan fingerprint density at radius 1 is 1.64 bits per heavy atom. The first-order chi connectivity index (χ1) is 6.72. The van der Waals surface area contributed by atoms with Crippen molar-refractivity contribution in [1.29, 1.82) is 0 Å². The topological polar surface area (TPSA) is 44.8 Å². The van der Waals surface area contributed by atoms with E-state index >= 15 is 0 Å². The van der Waals surface area contributed by atoms with Gasteiger partial charge in [-0.05, 0) is 6.42 Å². The molecule has 1 heterocycles. The number of ether oxygens (including phenoxy) is 3. The molecule has 4 nitrogen and oxygen atoms in total. The van der Waals surface area contributed by atoms with Gasteiger partial charge in [0.25, 0.3) is 0 Å². The minimum atomic E-state index is -0.410. The largest absolute Gasteiger partial charge is 0.436 e. The fourth-order valence-electron chi connectivity index (χ4n) is 1.32. The molecule has 4 heteroatoms. The molecule has 14 heavy (non-hydrogen) atoms. The van der Waals surface area contributed by atoms with Crippen LogP contribution in [0.4, 0.5) is 0 Å². The number of esters is 1. The van der Waals surface area contributed by atoms with E-state index in [1.165, 1.54) is 6.92 Å². The molecule has 0 spiro atoms. The van der Waals surface area contributed by atoms with Crippen LogP contribution in [0.15, 0.2) is 0 Å². The quantitative estimate of drug-likeness (QED) is 0.379. The van der Waals surface area contributed by atoms with Gasteiger partial charge in [-0.3, -0.25) is 4.79 Å². The van der Waals surface area contributed by atoms with E-state index < -0.39 is 6.29 Å². The number of hydrogen-bond donors (Lipinski definition) is 0. The van der Waals surface area contributed by atoms with E-state index in [4.69, 9.17) is 20.6 Å². The van der Waals surface area contributed by atoms with Gasteiger partial charge in [-0.1, -0.05) is 5.92 Å². The molecule has 78 valence electrons. The third-order valence-electron chi connectivity index (χ3n) is 1.86. The number of carbonyl (C=O) groups excluding carboxylic acids is 1. The van der Waals surface area contributed by atoms with Crippen LogP contribution in [0.3, 0.4) is 0 Å². The van der Waals surface area contributed by atoms with Gasteiger partial charge in [0.2, 0.25) is 6.29 Å². The average molecular weight is 198 g/mol. The standard InChI is InChI=1S/C10H14O4/c1-3-6-12-7-9-4-5-10(14-9)13-8(2)11/h1,9-10H,4-7H2,2H3. The highest BCUT2D eigenvalue weighted by Crippen LogP contribution is 2.20. The first-order valence-corrected chi connectivity index (χ1v) is 4.56. The van der Waals surface area contributed by atoms with E-state index in [1.54, 1.807) is 0 Å². The second-order valence-electron chi connectivity index (χ2n) is 3.09. The summed E-state index contributed by atoms with van der Waals surface area (Å²) in [7, 11) is 0. The van der Waals surface area contributed by atoms with Crippen molar-refractivity contribution in [2.24, 2.45) is 0 Å². The van der Waals surface area contributed by atoms with Gasteiger partial charge in [-0.25, -0.2) is 0 Å². The van der Waals surface area contributed by atoms with Gasteiger partial charge in [-0.15, -0.1) is 6.42 Å². The summed E-state index contributed by atoms with van der Waals surface area (Å²) in [5.74, 6) is 2.05. The molecule has 0 bridgehead atoms. The van der Waals surface area contributed by atoms with Crippen molar-refractivity contribution < 1.29 is 19.0 Å². The smallest absolute Gasteiger partial charge is 0.304 e. The van der Waals surface area contributed by atoms with Crippen molar-refractivity contribution in [3.05, 3.63) is 0 Å². The van der Waals surface area contributed by atoms with Crippen LogP contribution in [0, 0.1) is 12.3 Å². The molecule has 1 fully saturated rings. The summed E-state index contributed by atoms with van der Waals surface area (Å²) < 4.78 is 15.4. The van der Waals surface area contributed by atoms with Crippen molar-refractivity contribution >= 4 is 5.97 Å². The first kappa shape index (κ1) is 11.0. The maximum Gasteiger partial charge on any atom is 0.304 e. The lowest BCUT2D eigenvalue weighted by Gasteiger charge is -2.12. The molecule has 0 aliphatic carbocycles. The first-order valence-electron chi connectivity index (χ1n) is 4.56. The Balaban J connectivity index is 2.14. The lowest BCUT2D eigenvalue weighted by Crippen LogP contribution is -2.20. The van der Waals surface area contributed by atoms with Crippen molar-refractivity contribution in [2.75, 3.05) is 13.2 Å². The van der Waals surface area contributed by atoms with E-state index in [1.807, 2.05) is 0 Å². The zero-order chi connectivity index (χ0) is 10.4. The van der Waals surface area contributed by atoms with Crippen LogP contribution < -0.4 is 0 Å². The maximum absolute atomic E-state index is 10.6. The van der Waals surface area contributed by atoms with E-state index in [9.17, 15) is 4.79 Å². The van der Waals surface area contributed by atoms with Crippen LogP contribution >= 0.6 is 0 Å². The highest BCUT2D eigenvalue weighted by atomic mass is 16.7. The van der Waals surface area contributed by atoms with Gasteiger partial charge in [0, 0.05) is 13.3 Å². The second-order valence-corrected chi connectivity index (χ2v) is 3.09. The average Bonchev–Trinajstić information content (AvgIpc) is 2.52. The highest BCUT2D eigenvalue weighted by Gasteiger charge is 2.27. The predicted octanol–water partition coefficient (Wildman–Crippen LogP) is 0.704. The molecule has 0 saturated carbocycles. The minimum absolute atomic E-state index is 0.00676. The van der Waals surface area contributed by atoms with E-state index in [0.29, 0.717) is 6.61 Å². The zero-order valence-corrected chi connectivity index (χ0v) is 8.19. The zero-order valence-electron chi connectivity index (χ0n) is 8.19. The monoisotopic (exact) mass is 198 g/mol. The molecule has 0 aromatic rings. The Bertz CT molecular complexity index is 231. The SMILES string of the molecule is C#CCOCC1CCC(OC(C)=O)O1. The Morgan fingerprint density at radius 2 is 2.43 bits per heavy atom. The van der Waals surface area contributed by atoms with Gasteiger partial charge in [0.05, 0.1) is 12.7 Å². The van der Waals surface area contributed by atoms with E-state index in [0.717, 1.165) is 12.8 Å². The molecule has 2 atom stereocenters. The molecular weight excluding hydrogens is 184 g/mol. The molecule has 0 aromatic carbocycles. The molecule has 0 N–H and O–H groups in total. The van der Waals surface area contributed by atoms with Crippen molar-refractivity contribution in [2.45, 2.75) is 32.2 Å². The lowest BCUT2D eigenvalue weighted by atomic mass is 10.2. The van der Waals surface area contributed by atoms with Crippen molar-refractivity contribution in [3.63, 3.8) is 0 Å². The molecule has 0 radical (unpaired) electrons. The highest BCUT2D eigenvalue weighted by molar-refractivity contribution is 5.66. The third kappa shape index (κ3) is 3.77. The van der Waals surface area contributed by atoms with Gasteiger partial charge in [0.15, 0.2) is 0 Å². The van der Waals surface area contributed by atoms with Gasteiger partial charge < -0.3 is 14.2 Å². The van der Waals surface area contributed by atoms with Gasteiger partial charge >= 0.3 is 5.97 Å². The van der Waals surface area contributed by atoms with Gasteiger partial charge in [-0.2, -0.15) is 0 Å². The van der Waals surface area contributed by atoms with Crippen molar-refractivity contribution in [3.8, 4) is 12.3 Å². The second kappa shape index (κ2) is 5.63. The van der Waals surface area contributed by atoms with Crippen LogP contribution in [-0.2, 0) is 19.0 Å². The Morgan fingerprint density at radius 3 is 3.07 bits per heavy atom. The fraction of sp³-hybridized carbons (Fsp3) is 0.700. The summed E-state index contributed by atoms with van der Waals surface area (Å²) in [5.41, 5.74) is 0. The molecule has 1 saturated heterocycles. The van der Waals surface area contributed by atoms with E-state index in [-0.39, 0.29) is 18.7 Å².